The Kier molecular flexibility index (Phi) is 69.9. The molecule has 0 rings (SSSR count). The molecule has 0 radical (unpaired) electrons. The number of hydrogen-bond acceptors (Lipinski definition) is 15. The van der Waals surface area contributed by atoms with Crippen LogP contribution in [0.2, 0.25) is 0 Å². The Balaban J connectivity index is 5.31. The van der Waals surface area contributed by atoms with E-state index in [4.69, 9.17) is 37.0 Å². The average Bonchev–Trinajstić information content (AvgIpc) is 0.940. The molecular weight excluding hydrogens is 1310 g/mol. The second-order valence-electron chi connectivity index (χ2n) is 25.9. The topological polar surface area (TPSA) is 237 Å². The fourth-order valence-electron chi connectivity index (χ4n) is 10.3. The fourth-order valence-corrected chi connectivity index (χ4v) is 11.9. The molecular formula is C81H140O17P2. The third-order valence-electron chi connectivity index (χ3n) is 16.2. The maximum Gasteiger partial charge on any atom is 0.472 e. The normalized spacial score (nSPS) is 14.5. The Morgan fingerprint density at radius 3 is 0.840 bits per heavy atom. The molecule has 0 aromatic rings. The summed E-state index contributed by atoms with van der Waals surface area (Å²) in [6, 6.07) is 0. The lowest BCUT2D eigenvalue weighted by molar-refractivity contribution is -0.161. The molecule has 0 aromatic carbocycles. The first-order valence-electron chi connectivity index (χ1n) is 39.1. The summed E-state index contributed by atoms with van der Waals surface area (Å²) in [4.78, 5) is 72.9. The first kappa shape index (κ1) is 95.7. The van der Waals surface area contributed by atoms with Crippen molar-refractivity contribution in [3.63, 3.8) is 0 Å². The van der Waals surface area contributed by atoms with Crippen molar-refractivity contribution in [1.29, 1.82) is 0 Å². The van der Waals surface area contributed by atoms with Gasteiger partial charge in [-0.25, -0.2) is 9.13 Å². The minimum atomic E-state index is -4.98. The number of phosphoric ester groups is 2. The molecule has 5 unspecified atom stereocenters. The molecule has 100 heavy (non-hydrogen) atoms. The third kappa shape index (κ3) is 72.1. The minimum Gasteiger partial charge on any atom is -0.462 e. The molecule has 3 N–H and O–H groups in total. The number of phosphoric acid groups is 2. The lowest BCUT2D eigenvalue weighted by Crippen LogP contribution is -2.30. The van der Waals surface area contributed by atoms with Gasteiger partial charge in [0.2, 0.25) is 0 Å². The standard InChI is InChI=1S/C81H140O17P2/c1-5-9-13-17-21-25-29-32-34-36-37-39-41-44-47-50-54-58-62-66-79(84)92-72-77(98-81(86)68-64-60-56-52-48-42-31-27-23-19-15-11-7-3)74-96-100(89,90)94-70-75(82)69-93-99(87,88)95-73-76(97-80(85)67-63-59-55-51-45-28-24-20-16-12-8-4)71-91-78(83)65-61-57-53-49-46-43-40-38-35-33-30-26-22-18-14-10-6-2/h9-10,13-15,19,21-22,25-27,31-35,37,39,75-77,82H,5-8,11-12,16-18,20,23-24,28-30,36,38,40-74H2,1-4H3,(H,87,88)(H,89,90)/b13-9-,14-10-,19-15-,25-21-,26-22-,31-27-,34-32-,35-33-,39-37-. The molecule has 0 fully saturated rings. The van der Waals surface area contributed by atoms with E-state index in [1.165, 1.54) is 38.5 Å². The van der Waals surface area contributed by atoms with Crippen LogP contribution in [0.1, 0.15) is 323 Å². The number of aliphatic hydroxyl groups excluding tert-OH is 1. The van der Waals surface area contributed by atoms with E-state index >= 15 is 0 Å². The highest BCUT2D eigenvalue weighted by Crippen LogP contribution is 2.45. The monoisotopic (exact) mass is 1450 g/mol. The summed E-state index contributed by atoms with van der Waals surface area (Å²) < 4.78 is 68.5. The summed E-state index contributed by atoms with van der Waals surface area (Å²) in [5.41, 5.74) is 0. The number of carbonyl (C=O) groups is 4. The lowest BCUT2D eigenvalue weighted by atomic mass is 10.1. The van der Waals surface area contributed by atoms with Gasteiger partial charge in [0, 0.05) is 25.7 Å². The van der Waals surface area contributed by atoms with Crippen molar-refractivity contribution in [2.75, 3.05) is 39.6 Å². The number of allylic oxidation sites excluding steroid dienone is 18. The molecule has 0 bridgehead atoms. The SMILES string of the molecule is CC/C=C\C/C=C\C/C=C\C/C=C\CCCCCCCCC(=O)OCC(COP(=O)(O)OCC(O)COP(=O)(O)OCC(COC(=O)CCCCCCCCC/C=C\C/C=C\C/C=C\CC)OC(=O)CCCCCCCCCCCCC)OC(=O)CCCCCCC/C=C\C/C=C\CCC. The van der Waals surface area contributed by atoms with E-state index in [-0.39, 0.29) is 25.7 Å². The number of unbranched alkanes of at least 4 members (excludes halogenated alkanes) is 29. The van der Waals surface area contributed by atoms with Crippen LogP contribution in [0.25, 0.3) is 0 Å². The van der Waals surface area contributed by atoms with Gasteiger partial charge in [-0.2, -0.15) is 0 Å². The van der Waals surface area contributed by atoms with E-state index in [1.54, 1.807) is 0 Å². The third-order valence-corrected chi connectivity index (χ3v) is 18.1. The average molecular weight is 1450 g/mol. The molecule has 0 aromatic heterocycles. The van der Waals surface area contributed by atoms with Gasteiger partial charge in [0.05, 0.1) is 26.4 Å². The van der Waals surface area contributed by atoms with Crippen molar-refractivity contribution in [1.82, 2.24) is 0 Å². The molecule has 0 spiro atoms. The second-order valence-corrected chi connectivity index (χ2v) is 28.8. The van der Waals surface area contributed by atoms with E-state index in [1.807, 2.05) is 0 Å². The van der Waals surface area contributed by atoms with E-state index in [0.29, 0.717) is 25.7 Å². The molecule has 5 atom stereocenters. The summed E-state index contributed by atoms with van der Waals surface area (Å²) in [6.45, 7) is 4.56. The summed E-state index contributed by atoms with van der Waals surface area (Å²) in [7, 11) is -9.95. The molecule has 0 saturated carbocycles. The zero-order chi connectivity index (χ0) is 73.2. The van der Waals surface area contributed by atoms with Crippen LogP contribution >= 0.6 is 15.6 Å². The van der Waals surface area contributed by atoms with Gasteiger partial charge in [0.15, 0.2) is 12.2 Å². The van der Waals surface area contributed by atoms with Crippen LogP contribution < -0.4 is 0 Å². The Bertz CT molecular complexity index is 2320. The number of rotatable bonds is 73. The van der Waals surface area contributed by atoms with Gasteiger partial charge >= 0.3 is 39.5 Å². The molecule has 576 valence electrons. The summed E-state index contributed by atoms with van der Waals surface area (Å²) in [5, 5.41) is 10.6. The van der Waals surface area contributed by atoms with E-state index in [0.717, 1.165) is 205 Å². The Morgan fingerprint density at radius 2 is 0.540 bits per heavy atom. The van der Waals surface area contributed by atoms with E-state index < -0.39 is 97.5 Å². The number of hydrogen-bond donors (Lipinski definition) is 3. The zero-order valence-corrected chi connectivity index (χ0v) is 64.6. The van der Waals surface area contributed by atoms with Gasteiger partial charge in [-0.1, -0.05) is 285 Å². The smallest absolute Gasteiger partial charge is 0.462 e. The van der Waals surface area contributed by atoms with Gasteiger partial charge < -0.3 is 33.8 Å². The van der Waals surface area contributed by atoms with Crippen molar-refractivity contribution in [2.45, 2.75) is 341 Å². The summed E-state index contributed by atoms with van der Waals surface area (Å²) in [5.74, 6) is -2.20. The zero-order valence-electron chi connectivity index (χ0n) is 62.8. The highest BCUT2D eigenvalue weighted by molar-refractivity contribution is 7.47. The van der Waals surface area contributed by atoms with Crippen molar-refractivity contribution in [2.24, 2.45) is 0 Å². The molecule has 0 aliphatic heterocycles. The highest BCUT2D eigenvalue weighted by atomic mass is 31.2. The quantitative estimate of drug-likeness (QED) is 0.0169. The van der Waals surface area contributed by atoms with Gasteiger partial charge in [-0.05, 0) is 122 Å². The van der Waals surface area contributed by atoms with Crippen molar-refractivity contribution < 1.29 is 80.2 Å². The molecule has 0 saturated heterocycles. The number of carbonyl (C=O) groups excluding carboxylic acids is 4. The number of esters is 4. The van der Waals surface area contributed by atoms with Gasteiger partial charge in [0.1, 0.15) is 19.3 Å². The maximum absolute atomic E-state index is 13.1. The Labute approximate surface area is 607 Å². The molecule has 19 heteroatoms. The van der Waals surface area contributed by atoms with Crippen LogP contribution in [0.4, 0.5) is 0 Å². The van der Waals surface area contributed by atoms with E-state index in [9.17, 15) is 43.2 Å². The van der Waals surface area contributed by atoms with Crippen molar-refractivity contribution in [3.05, 3.63) is 109 Å². The van der Waals surface area contributed by atoms with Gasteiger partial charge in [-0.15, -0.1) is 0 Å². The Morgan fingerprint density at radius 1 is 0.290 bits per heavy atom. The number of aliphatic hydroxyl groups is 1. The highest BCUT2D eigenvalue weighted by Gasteiger charge is 2.30. The van der Waals surface area contributed by atoms with Crippen LogP contribution in [0, 0.1) is 0 Å². The molecule has 17 nitrogen and oxygen atoms in total. The second kappa shape index (κ2) is 73.0. The largest absolute Gasteiger partial charge is 0.472 e. The van der Waals surface area contributed by atoms with Gasteiger partial charge in [0.25, 0.3) is 0 Å². The predicted molar refractivity (Wildman–Crippen MR) is 408 cm³/mol. The van der Waals surface area contributed by atoms with Crippen LogP contribution in [-0.4, -0.2) is 96.7 Å². The lowest BCUT2D eigenvalue weighted by Gasteiger charge is -2.21. The van der Waals surface area contributed by atoms with Gasteiger partial charge in [-0.3, -0.25) is 37.3 Å². The fraction of sp³-hybridized carbons (Fsp3) is 0.728. The molecule has 0 aliphatic carbocycles. The Hall–Kier alpha value is -4.28. The van der Waals surface area contributed by atoms with Crippen LogP contribution in [0.15, 0.2) is 109 Å². The van der Waals surface area contributed by atoms with Crippen molar-refractivity contribution >= 4 is 39.5 Å². The molecule has 0 aliphatic rings. The first-order chi connectivity index (χ1) is 48.7. The minimum absolute atomic E-state index is 0.0747. The maximum atomic E-state index is 13.1. The predicted octanol–water partition coefficient (Wildman–Crippen LogP) is 22.6. The number of ether oxygens (including phenoxy) is 4. The molecule has 0 heterocycles. The molecule has 0 amide bonds. The van der Waals surface area contributed by atoms with Crippen molar-refractivity contribution in [3.8, 4) is 0 Å². The first-order valence-corrected chi connectivity index (χ1v) is 42.1. The summed E-state index contributed by atoms with van der Waals surface area (Å²) in [6.07, 6.45) is 77.9. The van der Waals surface area contributed by atoms with E-state index in [2.05, 4.69) is 137 Å². The van der Waals surface area contributed by atoms with Crippen LogP contribution in [-0.2, 0) is 65.4 Å². The summed E-state index contributed by atoms with van der Waals surface area (Å²) >= 11 is 0. The van der Waals surface area contributed by atoms with Crippen LogP contribution in [0.5, 0.6) is 0 Å². The van der Waals surface area contributed by atoms with Crippen LogP contribution in [0.3, 0.4) is 0 Å².